The smallest absolute Gasteiger partial charge is 0.332 e. The van der Waals surface area contributed by atoms with Gasteiger partial charge in [0.1, 0.15) is 11.2 Å². The number of aryl methyl sites for hydroxylation is 1. The number of rotatable bonds is 3. The molecule has 128 valence electrons. The number of carbonyl (C=O) groups is 2. The minimum Gasteiger partial charge on any atom is -0.467 e. The van der Waals surface area contributed by atoms with E-state index in [0.717, 1.165) is 4.57 Å². The van der Waals surface area contributed by atoms with Gasteiger partial charge >= 0.3 is 11.7 Å². The molecule has 0 saturated carbocycles. The number of methoxy groups -OCH3 is 1. The van der Waals surface area contributed by atoms with Gasteiger partial charge in [0.05, 0.1) is 18.1 Å². The number of esters is 1. The van der Waals surface area contributed by atoms with Gasteiger partial charge in [0.25, 0.3) is 11.5 Å². The first-order valence-corrected chi connectivity index (χ1v) is 7.07. The van der Waals surface area contributed by atoms with Crippen molar-refractivity contribution < 1.29 is 14.3 Å². The summed E-state index contributed by atoms with van der Waals surface area (Å²) in [6, 6.07) is 1.34. The molecule has 0 bridgehead atoms. The molecule has 0 aliphatic rings. The summed E-state index contributed by atoms with van der Waals surface area (Å²) in [5.41, 5.74) is -2.04. The van der Waals surface area contributed by atoms with E-state index in [9.17, 15) is 19.2 Å². The maximum atomic E-state index is 12.3. The number of nitrogens with one attached hydrogen (secondary N) is 1. The zero-order valence-electron chi connectivity index (χ0n) is 14.0. The van der Waals surface area contributed by atoms with E-state index in [1.54, 1.807) is 0 Å². The largest absolute Gasteiger partial charge is 0.467 e. The number of carbonyl (C=O) groups excluding carboxylic acids is 2. The summed E-state index contributed by atoms with van der Waals surface area (Å²) in [6.45, 7) is 2.99. The molecule has 0 saturated heterocycles. The Labute approximate surface area is 136 Å². The summed E-state index contributed by atoms with van der Waals surface area (Å²) >= 11 is 0. The Hall–Kier alpha value is -2.97. The molecule has 9 heteroatoms. The van der Waals surface area contributed by atoms with Crippen LogP contribution >= 0.6 is 0 Å². The lowest BCUT2D eigenvalue weighted by Crippen LogP contribution is -2.50. The van der Waals surface area contributed by atoms with Gasteiger partial charge in [-0.2, -0.15) is 0 Å². The molecule has 2 aromatic heterocycles. The first-order chi connectivity index (χ1) is 11.1. The van der Waals surface area contributed by atoms with Crippen LogP contribution in [0.1, 0.15) is 24.2 Å². The minimum absolute atomic E-state index is 0.0928. The zero-order chi connectivity index (χ0) is 18.2. The van der Waals surface area contributed by atoms with Crippen molar-refractivity contribution in [3.8, 4) is 0 Å². The molecule has 0 aliphatic carbocycles. The van der Waals surface area contributed by atoms with E-state index in [2.05, 4.69) is 15.0 Å². The number of fused-ring (bicyclic) bond motifs is 1. The highest BCUT2D eigenvalue weighted by molar-refractivity contribution is 5.99. The Morgan fingerprint density at radius 1 is 1.21 bits per heavy atom. The van der Waals surface area contributed by atoms with Crippen LogP contribution in [0.5, 0.6) is 0 Å². The monoisotopic (exact) mass is 334 g/mol. The van der Waals surface area contributed by atoms with Crippen molar-refractivity contribution in [2.75, 3.05) is 7.11 Å². The van der Waals surface area contributed by atoms with Gasteiger partial charge in [-0.1, -0.05) is 0 Å². The molecule has 0 radical (unpaired) electrons. The van der Waals surface area contributed by atoms with Crippen LogP contribution in [0.2, 0.25) is 0 Å². The third-order valence-electron chi connectivity index (χ3n) is 3.68. The van der Waals surface area contributed by atoms with Gasteiger partial charge in [-0.3, -0.25) is 18.7 Å². The average Bonchev–Trinajstić information content (AvgIpc) is 2.56. The summed E-state index contributed by atoms with van der Waals surface area (Å²) in [7, 11) is 4.05. The lowest BCUT2D eigenvalue weighted by molar-refractivity contribution is -0.146. The lowest BCUT2D eigenvalue weighted by Gasteiger charge is -2.23. The number of ether oxygens (including phenoxy) is 1. The Kier molecular flexibility index (Phi) is 4.28. The highest BCUT2D eigenvalue weighted by Crippen LogP contribution is 2.10. The summed E-state index contributed by atoms with van der Waals surface area (Å²) in [6.07, 6.45) is 1.24. The Balaban J connectivity index is 2.52. The third kappa shape index (κ3) is 2.80. The van der Waals surface area contributed by atoms with Gasteiger partial charge < -0.3 is 10.1 Å². The standard InChI is InChI=1S/C15H18N4O5/c1-15(2,13(22)24-5)17-11(20)8-6-9-10(16-7-8)18(3)14(23)19(4)12(9)21/h6-7H,1-5H3,(H,17,20). The fraction of sp³-hybridized carbons (Fsp3) is 0.400. The quantitative estimate of drug-likeness (QED) is 0.744. The van der Waals surface area contributed by atoms with E-state index >= 15 is 0 Å². The van der Waals surface area contributed by atoms with Crippen LogP contribution in [0.3, 0.4) is 0 Å². The summed E-state index contributed by atoms with van der Waals surface area (Å²) in [4.78, 5) is 52.1. The van der Waals surface area contributed by atoms with Crippen LogP contribution in [0.25, 0.3) is 11.0 Å². The first kappa shape index (κ1) is 17.4. The van der Waals surface area contributed by atoms with Crippen molar-refractivity contribution in [2.45, 2.75) is 19.4 Å². The van der Waals surface area contributed by atoms with E-state index in [-0.39, 0.29) is 16.6 Å². The molecule has 1 amide bonds. The molecule has 1 N–H and O–H groups in total. The Morgan fingerprint density at radius 3 is 2.42 bits per heavy atom. The van der Waals surface area contributed by atoms with Gasteiger partial charge in [0.2, 0.25) is 0 Å². The highest BCUT2D eigenvalue weighted by atomic mass is 16.5. The van der Waals surface area contributed by atoms with E-state index in [0.29, 0.717) is 0 Å². The lowest BCUT2D eigenvalue weighted by atomic mass is 10.1. The van der Waals surface area contributed by atoms with Crippen LogP contribution in [-0.4, -0.2) is 38.6 Å². The molecule has 0 aliphatic heterocycles. The molecule has 2 aromatic rings. The molecule has 0 spiro atoms. The van der Waals surface area contributed by atoms with E-state index in [1.165, 1.54) is 51.9 Å². The Morgan fingerprint density at radius 2 is 1.83 bits per heavy atom. The van der Waals surface area contributed by atoms with Crippen molar-refractivity contribution in [1.82, 2.24) is 19.4 Å². The second-order valence-corrected chi connectivity index (χ2v) is 5.87. The van der Waals surface area contributed by atoms with E-state index in [1.807, 2.05) is 0 Å². The summed E-state index contributed by atoms with van der Waals surface area (Å²) in [5, 5.41) is 2.65. The number of pyridine rings is 1. The molecule has 0 atom stereocenters. The minimum atomic E-state index is -1.24. The maximum absolute atomic E-state index is 12.3. The van der Waals surface area contributed by atoms with Crippen molar-refractivity contribution in [3.05, 3.63) is 38.7 Å². The number of hydrogen-bond acceptors (Lipinski definition) is 6. The topological polar surface area (TPSA) is 112 Å². The fourth-order valence-corrected chi connectivity index (χ4v) is 2.25. The van der Waals surface area contributed by atoms with Gasteiger partial charge in [-0.05, 0) is 19.9 Å². The first-order valence-electron chi connectivity index (χ1n) is 7.07. The second kappa shape index (κ2) is 5.91. The van der Waals surface area contributed by atoms with Crippen molar-refractivity contribution in [3.63, 3.8) is 0 Å². The molecule has 9 nitrogen and oxygen atoms in total. The second-order valence-electron chi connectivity index (χ2n) is 5.87. The van der Waals surface area contributed by atoms with Gasteiger partial charge in [-0.15, -0.1) is 0 Å². The highest BCUT2D eigenvalue weighted by Gasteiger charge is 2.31. The maximum Gasteiger partial charge on any atom is 0.332 e. The molecule has 0 aromatic carbocycles. The third-order valence-corrected chi connectivity index (χ3v) is 3.68. The SMILES string of the molecule is COC(=O)C(C)(C)NC(=O)c1cnc2c(c1)c(=O)n(C)c(=O)n2C. The normalized spacial score (nSPS) is 11.4. The van der Waals surface area contributed by atoms with Crippen LogP contribution in [-0.2, 0) is 23.6 Å². The molecule has 2 heterocycles. The van der Waals surface area contributed by atoms with Crippen LogP contribution in [0.15, 0.2) is 21.9 Å². The van der Waals surface area contributed by atoms with Crippen molar-refractivity contribution in [2.24, 2.45) is 14.1 Å². The summed E-state index contributed by atoms with van der Waals surface area (Å²) < 4.78 is 6.78. The van der Waals surface area contributed by atoms with E-state index in [4.69, 9.17) is 0 Å². The number of amides is 1. The number of hydrogen-bond donors (Lipinski definition) is 1. The predicted molar refractivity (Wildman–Crippen MR) is 85.8 cm³/mol. The number of aromatic nitrogens is 3. The molecular formula is C15H18N4O5. The van der Waals surface area contributed by atoms with Gasteiger partial charge in [0, 0.05) is 20.3 Å². The van der Waals surface area contributed by atoms with Crippen LogP contribution in [0.4, 0.5) is 0 Å². The summed E-state index contributed by atoms with van der Waals surface area (Å²) in [5.74, 6) is -1.20. The molecule has 0 fully saturated rings. The molecular weight excluding hydrogens is 316 g/mol. The van der Waals surface area contributed by atoms with Gasteiger partial charge in [0.15, 0.2) is 0 Å². The average molecular weight is 334 g/mol. The van der Waals surface area contributed by atoms with Crippen LogP contribution in [0, 0.1) is 0 Å². The van der Waals surface area contributed by atoms with Crippen LogP contribution < -0.4 is 16.6 Å². The van der Waals surface area contributed by atoms with E-state index < -0.39 is 28.7 Å². The van der Waals surface area contributed by atoms with Gasteiger partial charge in [-0.25, -0.2) is 14.6 Å². The fourth-order valence-electron chi connectivity index (χ4n) is 2.25. The number of nitrogens with zero attached hydrogens (tertiary/aromatic N) is 3. The Bertz CT molecular complexity index is 955. The van der Waals surface area contributed by atoms with Crippen molar-refractivity contribution in [1.29, 1.82) is 0 Å². The molecule has 24 heavy (non-hydrogen) atoms. The molecule has 2 rings (SSSR count). The van der Waals surface area contributed by atoms with Crippen molar-refractivity contribution >= 4 is 22.9 Å². The zero-order valence-corrected chi connectivity index (χ0v) is 14.0. The molecule has 0 unspecified atom stereocenters. The predicted octanol–water partition coefficient (Wildman–Crippen LogP) is -0.686.